The van der Waals surface area contributed by atoms with Gasteiger partial charge in [-0.25, -0.2) is 0 Å². The average Bonchev–Trinajstić information content (AvgIpc) is 2.36. The quantitative estimate of drug-likeness (QED) is 0.364. The molecule has 0 aliphatic rings. The second-order valence-electron chi connectivity index (χ2n) is 2.33. The van der Waals surface area contributed by atoms with Crippen LogP contribution in [0.1, 0.15) is 24.5 Å². The second-order valence-corrected chi connectivity index (χ2v) is 2.33. The van der Waals surface area contributed by atoms with Crippen LogP contribution < -0.4 is 0 Å². The molecule has 0 unspecified atom stereocenters. The van der Waals surface area contributed by atoms with Crippen molar-refractivity contribution in [2.45, 2.75) is 19.9 Å². The van der Waals surface area contributed by atoms with Gasteiger partial charge in [0, 0.05) is 4.91 Å². The molecule has 0 spiro atoms. The highest BCUT2D eigenvalue weighted by Crippen LogP contribution is 2.18. The van der Waals surface area contributed by atoms with Crippen molar-refractivity contribution in [1.82, 2.24) is 0 Å². The lowest BCUT2D eigenvalue weighted by atomic mass is 10.3. The van der Waals surface area contributed by atoms with E-state index in [1.807, 2.05) is 19.1 Å². The molecule has 1 heterocycles. The highest BCUT2D eigenvalue weighted by atomic mass is 16.3. The molecular weight excluding hydrogens is 142 g/mol. The standard InChI is InChI=1S/C7H9N3O/c1-5-3-4-7(11-5)6(2)9-10-8/h3-4,6H,1-2H3/t6-/m0/s1. The van der Waals surface area contributed by atoms with Crippen LogP contribution in [0.5, 0.6) is 0 Å². The molecule has 1 rings (SSSR count). The summed E-state index contributed by atoms with van der Waals surface area (Å²) in [6.07, 6.45) is 0. The summed E-state index contributed by atoms with van der Waals surface area (Å²) in [6.45, 7) is 3.64. The Morgan fingerprint density at radius 3 is 2.82 bits per heavy atom. The minimum absolute atomic E-state index is 0.214. The summed E-state index contributed by atoms with van der Waals surface area (Å²) in [6, 6.07) is 3.45. The van der Waals surface area contributed by atoms with Gasteiger partial charge in [0.2, 0.25) is 0 Å². The van der Waals surface area contributed by atoms with Gasteiger partial charge in [0.15, 0.2) is 0 Å². The van der Waals surface area contributed by atoms with Gasteiger partial charge in [-0.05, 0) is 31.5 Å². The maximum Gasteiger partial charge on any atom is 0.112 e. The van der Waals surface area contributed by atoms with E-state index >= 15 is 0 Å². The summed E-state index contributed by atoms with van der Waals surface area (Å²) in [4.78, 5) is 2.69. The third kappa shape index (κ3) is 1.75. The van der Waals surface area contributed by atoms with Crippen LogP contribution in [0.15, 0.2) is 21.7 Å². The first-order chi connectivity index (χ1) is 5.24. The molecule has 4 heteroatoms. The van der Waals surface area contributed by atoms with Crippen LogP contribution in [0.3, 0.4) is 0 Å². The molecule has 0 aromatic carbocycles. The highest BCUT2D eigenvalue weighted by molar-refractivity contribution is 5.08. The van der Waals surface area contributed by atoms with Crippen LogP contribution in [0, 0.1) is 6.92 Å². The van der Waals surface area contributed by atoms with E-state index in [4.69, 9.17) is 9.95 Å². The van der Waals surface area contributed by atoms with Gasteiger partial charge in [0.1, 0.15) is 11.5 Å². The summed E-state index contributed by atoms with van der Waals surface area (Å²) in [5.41, 5.74) is 8.12. The zero-order valence-corrected chi connectivity index (χ0v) is 6.48. The van der Waals surface area contributed by atoms with E-state index in [1.165, 1.54) is 0 Å². The van der Waals surface area contributed by atoms with Gasteiger partial charge >= 0.3 is 0 Å². The number of hydrogen-bond donors (Lipinski definition) is 0. The molecule has 0 radical (unpaired) electrons. The number of hydrogen-bond acceptors (Lipinski definition) is 2. The van der Waals surface area contributed by atoms with E-state index in [-0.39, 0.29) is 6.04 Å². The third-order valence-corrected chi connectivity index (χ3v) is 1.40. The lowest BCUT2D eigenvalue weighted by Gasteiger charge is -1.96. The molecule has 0 aliphatic heterocycles. The van der Waals surface area contributed by atoms with Crippen molar-refractivity contribution in [3.8, 4) is 0 Å². The molecule has 58 valence electrons. The average molecular weight is 151 g/mol. The second kappa shape index (κ2) is 3.12. The largest absolute Gasteiger partial charge is 0.466 e. The Kier molecular flexibility index (Phi) is 2.18. The SMILES string of the molecule is Cc1ccc([C@H](C)N=[N+]=[N-])o1. The lowest BCUT2D eigenvalue weighted by molar-refractivity contribution is 0.457. The monoisotopic (exact) mass is 151 g/mol. The van der Waals surface area contributed by atoms with Gasteiger partial charge in [-0.1, -0.05) is 5.11 Å². The Morgan fingerprint density at radius 2 is 2.36 bits per heavy atom. The van der Waals surface area contributed by atoms with Crippen molar-refractivity contribution in [3.05, 3.63) is 34.1 Å². The summed E-state index contributed by atoms with van der Waals surface area (Å²) in [5.74, 6) is 1.54. The van der Waals surface area contributed by atoms with E-state index < -0.39 is 0 Å². The summed E-state index contributed by atoms with van der Waals surface area (Å²) < 4.78 is 5.23. The van der Waals surface area contributed by atoms with E-state index in [2.05, 4.69) is 10.0 Å². The minimum atomic E-state index is -0.214. The number of azide groups is 1. The van der Waals surface area contributed by atoms with Crippen molar-refractivity contribution in [2.24, 2.45) is 5.11 Å². The van der Waals surface area contributed by atoms with E-state index in [1.54, 1.807) is 6.92 Å². The highest BCUT2D eigenvalue weighted by Gasteiger charge is 2.05. The fourth-order valence-corrected chi connectivity index (χ4v) is 0.812. The molecule has 0 saturated heterocycles. The smallest absolute Gasteiger partial charge is 0.112 e. The van der Waals surface area contributed by atoms with Gasteiger partial charge in [0.25, 0.3) is 0 Å². The lowest BCUT2D eigenvalue weighted by Crippen LogP contribution is -1.82. The third-order valence-electron chi connectivity index (χ3n) is 1.40. The molecule has 0 fully saturated rings. The van der Waals surface area contributed by atoms with Crippen molar-refractivity contribution in [1.29, 1.82) is 0 Å². The first-order valence-electron chi connectivity index (χ1n) is 3.34. The molecule has 0 bridgehead atoms. The van der Waals surface area contributed by atoms with Crippen LogP contribution >= 0.6 is 0 Å². The predicted octanol–water partition coefficient (Wildman–Crippen LogP) is 2.96. The van der Waals surface area contributed by atoms with Gasteiger partial charge in [-0.2, -0.15) is 0 Å². The molecule has 0 saturated carbocycles. The molecule has 1 aromatic rings. The Bertz CT molecular complexity index is 286. The fraction of sp³-hybridized carbons (Fsp3) is 0.429. The normalized spacial score (nSPS) is 12.2. The number of rotatable bonds is 2. The molecule has 0 N–H and O–H groups in total. The van der Waals surface area contributed by atoms with Crippen molar-refractivity contribution in [3.63, 3.8) is 0 Å². The van der Waals surface area contributed by atoms with Crippen LogP contribution in [0.2, 0.25) is 0 Å². The minimum Gasteiger partial charge on any atom is -0.466 e. The van der Waals surface area contributed by atoms with E-state index in [9.17, 15) is 0 Å². The predicted molar refractivity (Wildman–Crippen MR) is 41.0 cm³/mol. The number of aryl methyl sites for hydroxylation is 1. The molecule has 4 nitrogen and oxygen atoms in total. The van der Waals surface area contributed by atoms with Gasteiger partial charge in [-0.3, -0.25) is 0 Å². The van der Waals surface area contributed by atoms with Crippen molar-refractivity contribution >= 4 is 0 Å². The topological polar surface area (TPSA) is 61.9 Å². The molecule has 0 amide bonds. The number of furan rings is 1. The summed E-state index contributed by atoms with van der Waals surface area (Å²) >= 11 is 0. The summed E-state index contributed by atoms with van der Waals surface area (Å²) in [5, 5.41) is 3.49. The Morgan fingerprint density at radius 1 is 1.64 bits per heavy atom. The Balaban J connectivity index is 2.84. The Labute approximate surface area is 64.5 Å². The number of nitrogens with zero attached hydrogens (tertiary/aromatic N) is 3. The van der Waals surface area contributed by atoms with Crippen molar-refractivity contribution < 1.29 is 4.42 Å². The van der Waals surface area contributed by atoms with Crippen LogP contribution in [-0.4, -0.2) is 0 Å². The molecule has 1 atom stereocenters. The molecule has 1 aromatic heterocycles. The van der Waals surface area contributed by atoms with Gasteiger partial charge in [0.05, 0.1) is 6.04 Å². The van der Waals surface area contributed by atoms with Gasteiger partial charge in [-0.15, -0.1) is 0 Å². The fourth-order valence-electron chi connectivity index (χ4n) is 0.812. The zero-order chi connectivity index (χ0) is 8.27. The molecule has 0 aliphatic carbocycles. The molecular formula is C7H9N3O. The zero-order valence-electron chi connectivity index (χ0n) is 6.48. The first-order valence-corrected chi connectivity index (χ1v) is 3.34. The van der Waals surface area contributed by atoms with Crippen molar-refractivity contribution in [2.75, 3.05) is 0 Å². The maximum absolute atomic E-state index is 8.12. The van der Waals surface area contributed by atoms with Gasteiger partial charge < -0.3 is 4.42 Å². The van der Waals surface area contributed by atoms with E-state index in [0.717, 1.165) is 5.76 Å². The van der Waals surface area contributed by atoms with Crippen LogP contribution in [0.25, 0.3) is 10.4 Å². The summed E-state index contributed by atoms with van der Waals surface area (Å²) in [7, 11) is 0. The first kappa shape index (κ1) is 7.69. The Hall–Kier alpha value is -1.41. The maximum atomic E-state index is 8.12. The van der Waals surface area contributed by atoms with Crippen LogP contribution in [-0.2, 0) is 0 Å². The van der Waals surface area contributed by atoms with Crippen LogP contribution in [0.4, 0.5) is 0 Å². The van der Waals surface area contributed by atoms with E-state index in [0.29, 0.717) is 5.76 Å². The molecule has 11 heavy (non-hydrogen) atoms.